The number of pyridine rings is 1. The maximum atomic E-state index is 14.2. The molecule has 4 bridgehead atoms. The SMILES string of the molecule is CO[C@H]1CCN2C[C@H]1CCCCN(Cc1ncccc1F)CCOc1cccc(c1)C2=O. The zero-order chi connectivity index (χ0) is 22.3. The molecule has 0 N–H and O–H groups in total. The standard InChI is InChI=1S/C25H32FN3O3/c1-31-24-10-13-29-17-20(24)6-2-3-12-28(18-23-22(26)9-5-11-27-23)14-15-32-21-8-4-7-19(16-21)25(29)30/h4-5,7-9,11,16,20,24H,2-3,6,10,12-15,17-18H2,1H3/t20-,24+/m1/s1. The Morgan fingerprint density at radius 3 is 2.91 bits per heavy atom. The largest absolute Gasteiger partial charge is 0.492 e. The Labute approximate surface area is 189 Å². The van der Waals surface area contributed by atoms with Gasteiger partial charge in [0.1, 0.15) is 18.2 Å². The van der Waals surface area contributed by atoms with Crippen molar-refractivity contribution in [2.24, 2.45) is 5.92 Å². The van der Waals surface area contributed by atoms with Crippen LogP contribution in [-0.4, -0.2) is 66.7 Å². The van der Waals surface area contributed by atoms with E-state index in [1.54, 1.807) is 19.4 Å². The van der Waals surface area contributed by atoms with Gasteiger partial charge in [0.05, 0.1) is 11.8 Å². The number of rotatable bonds is 3. The van der Waals surface area contributed by atoms with Crippen LogP contribution in [0.3, 0.4) is 0 Å². The van der Waals surface area contributed by atoms with Crippen molar-refractivity contribution in [3.8, 4) is 5.75 Å². The number of halogens is 1. The molecule has 4 rings (SSSR count). The molecule has 1 amide bonds. The van der Waals surface area contributed by atoms with Gasteiger partial charge in [0.25, 0.3) is 5.91 Å². The molecule has 3 heterocycles. The van der Waals surface area contributed by atoms with Crippen LogP contribution in [-0.2, 0) is 11.3 Å². The van der Waals surface area contributed by atoms with E-state index in [0.29, 0.717) is 55.7 Å². The van der Waals surface area contributed by atoms with Gasteiger partial charge in [-0.15, -0.1) is 0 Å². The van der Waals surface area contributed by atoms with Crippen LogP contribution < -0.4 is 4.74 Å². The van der Waals surface area contributed by atoms with E-state index < -0.39 is 0 Å². The summed E-state index contributed by atoms with van der Waals surface area (Å²) in [6, 6.07) is 10.5. The van der Waals surface area contributed by atoms with Crippen molar-refractivity contribution in [1.29, 1.82) is 0 Å². The molecule has 0 unspecified atom stereocenters. The fraction of sp³-hybridized carbons (Fsp3) is 0.520. The first-order valence-electron chi connectivity index (χ1n) is 11.5. The molecule has 2 atom stereocenters. The molecule has 32 heavy (non-hydrogen) atoms. The highest BCUT2D eigenvalue weighted by atomic mass is 19.1. The summed E-state index contributed by atoms with van der Waals surface area (Å²) in [4.78, 5) is 21.5. The average Bonchev–Trinajstić information content (AvgIpc) is 2.82. The van der Waals surface area contributed by atoms with Gasteiger partial charge < -0.3 is 14.4 Å². The molecule has 6 nitrogen and oxygen atoms in total. The van der Waals surface area contributed by atoms with Gasteiger partial charge in [-0.1, -0.05) is 12.5 Å². The molecule has 1 fully saturated rings. The van der Waals surface area contributed by atoms with Crippen molar-refractivity contribution < 1.29 is 18.7 Å². The molecule has 2 aliphatic rings. The van der Waals surface area contributed by atoms with Crippen molar-refractivity contribution in [1.82, 2.24) is 14.8 Å². The maximum absolute atomic E-state index is 14.2. The highest BCUT2D eigenvalue weighted by molar-refractivity contribution is 5.94. The molecule has 0 saturated carbocycles. The van der Waals surface area contributed by atoms with Crippen molar-refractivity contribution in [3.63, 3.8) is 0 Å². The van der Waals surface area contributed by atoms with Crippen LogP contribution in [0.1, 0.15) is 41.7 Å². The highest BCUT2D eigenvalue weighted by Crippen LogP contribution is 2.27. The van der Waals surface area contributed by atoms with Crippen LogP contribution in [0.4, 0.5) is 4.39 Å². The number of fused-ring (bicyclic) bond motifs is 4. The number of hydrogen-bond donors (Lipinski definition) is 0. The normalized spacial score (nSPS) is 23.2. The minimum atomic E-state index is -0.277. The molecule has 1 saturated heterocycles. The zero-order valence-corrected chi connectivity index (χ0v) is 18.7. The lowest BCUT2D eigenvalue weighted by molar-refractivity contribution is -0.00677. The molecule has 2 aromatic rings. The molecular weight excluding hydrogens is 409 g/mol. The van der Waals surface area contributed by atoms with Gasteiger partial charge in [0.2, 0.25) is 0 Å². The third kappa shape index (κ3) is 5.64. The second-order valence-corrected chi connectivity index (χ2v) is 8.65. The lowest BCUT2D eigenvalue weighted by atomic mass is 9.89. The van der Waals surface area contributed by atoms with E-state index in [9.17, 15) is 9.18 Å². The summed E-state index contributed by atoms with van der Waals surface area (Å²) in [5.41, 5.74) is 1.11. The smallest absolute Gasteiger partial charge is 0.254 e. The number of hydrogen-bond acceptors (Lipinski definition) is 5. The molecule has 172 valence electrons. The Kier molecular flexibility index (Phi) is 7.71. The fourth-order valence-electron chi connectivity index (χ4n) is 4.74. The number of carbonyl (C=O) groups is 1. The summed E-state index contributed by atoms with van der Waals surface area (Å²) < 4.78 is 25.9. The Morgan fingerprint density at radius 2 is 2.06 bits per heavy atom. The van der Waals surface area contributed by atoms with Crippen molar-refractivity contribution in [3.05, 3.63) is 59.7 Å². The van der Waals surface area contributed by atoms with E-state index >= 15 is 0 Å². The predicted octanol–water partition coefficient (Wildman–Crippen LogP) is 3.76. The monoisotopic (exact) mass is 441 g/mol. The van der Waals surface area contributed by atoms with E-state index in [2.05, 4.69) is 9.88 Å². The summed E-state index contributed by atoms with van der Waals surface area (Å²) in [5.74, 6) is 0.778. The number of aromatic nitrogens is 1. The third-order valence-corrected chi connectivity index (χ3v) is 6.52. The van der Waals surface area contributed by atoms with Crippen LogP contribution >= 0.6 is 0 Å². The molecule has 0 radical (unpaired) electrons. The van der Waals surface area contributed by atoms with E-state index in [1.807, 2.05) is 29.2 Å². The van der Waals surface area contributed by atoms with Crippen LogP contribution in [0, 0.1) is 11.7 Å². The molecule has 0 aliphatic carbocycles. The van der Waals surface area contributed by atoms with Crippen molar-refractivity contribution >= 4 is 5.91 Å². The third-order valence-electron chi connectivity index (χ3n) is 6.52. The molecule has 0 spiro atoms. The minimum absolute atomic E-state index is 0.0529. The van der Waals surface area contributed by atoms with E-state index in [0.717, 1.165) is 32.2 Å². The number of methoxy groups -OCH3 is 1. The van der Waals surface area contributed by atoms with Crippen LogP contribution in [0.15, 0.2) is 42.6 Å². The van der Waals surface area contributed by atoms with E-state index in [1.165, 1.54) is 6.07 Å². The first-order valence-corrected chi connectivity index (χ1v) is 11.5. The predicted molar refractivity (Wildman–Crippen MR) is 120 cm³/mol. The van der Waals surface area contributed by atoms with Gasteiger partial charge >= 0.3 is 0 Å². The Balaban J connectivity index is 1.51. The zero-order valence-electron chi connectivity index (χ0n) is 18.7. The average molecular weight is 442 g/mol. The molecule has 2 aliphatic heterocycles. The summed E-state index contributed by atoms with van der Waals surface area (Å²) in [6.45, 7) is 3.83. The second kappa shape index (κ2) is 10.9. The summed E-state index contributed by atoms with van der Waals surface area (Å²) in [7, 11) is 1.77. The van der Waals surface area contributed by atoms with Crippen molar-refractivity contribution in [2.45, 2.75) is 38.3 Å². The molecule has 7 heteroatoms. The first-order chi connectivity index (χ1) is 15.6. The molecular formula is C25H32FN3O3. The lowest BCUT2D eigenvalue weighted by Crippen LogP contribution is -2.46. The van der Waals surface area contributed by atoms with Gasteiger partial charge in [0.15, 0.2) is 0 Å². The summed E-state index contributed by atoms with van der Waals surface area (Å²) in [6.07, 6.45) is 5.69. The summed E-state index contributed by atoms with van der Waals surface area (Å²) in [5, 5.41) is 0. The minimum Gasteiger partial charge on any atom is -0.492 e. The van der Waals surface area contributed by atoms with Crippen LogP contribution in [0.5, 0.6) is 5.75 Å². The number of piperidine rings is 1. The van der Waals surface area contributed by atoms with Crippen molar-refractivity contribution in [2.75, 3.05) is 39.9 Å². The second-order valence-electron chi connectivity index (χ2n) is 8.65. The molecule has 1 aromatic heterocycles. The quantitative estimate of drug-likeness (QED) is 0.726. The fourth-order valence-corrected chi connectivity index (χ4v) is 4.74. The topological polar surface area (TPSA) is 54.9 Å². The highest BCUT2D eigenvalue weighted by Gasteiger charge is 2.31. The van der Waals surface area contributed by atoms with Gasteiger partial charge in [-0.3, -0.25) is 14.7 Å². The van der Waals surface area contributed by atoms with Crippen LogP contribution in [0.2, 0.25) is 0 Å². The number of benzene rings is 1. The first kappa shape index (κ1) is 22.7. The lowest BCUT2D eigenvalue weighted by Gasteiger charge is -2.38. The Morgan fingerprint density at radius 1 is 1.16 bits per heavy atom. The number of carbonyl (C=O) groups excluding carboxylic acids is 1. The van der Waals surface area contributed by atoms with Gasteiger partial charge in [-0.25, -0.2) is 4.39 Å². The van der Waals surface area contributed by atoms with Gasteiger partial charge in [-0.2, -0.15) is 0 Å². The van der Waals surface area contributed by atoms with E-state index in [4.69, 9.17) is 9.47 Å². The Hall–Kier alpha value is -2.51. The number of amides is 1. The van der Waals surface area contributed by atoms with E-state index in [-0.39, 0.29) is 17.8 Å². The molecule has 1 aromatic carbocycles. The maximum Gasteiger partial charge on any atom is 0.254 e. The van der Waals surface area contributed by atoms with Gasteiger partial charge in [0, 0.05) is 51.0 Å². The van der Waals surface area contributed by atoms with Gasteiger partial charge in [-0.05, 0) is 56.1 Å². The Bertz CT molecular complexity index is 910. The van der Waals surface area contributed by atoms with Crippen LogP contribution in [0.25, 0.3) is 0 Å². The number of nitrogens with zero attached hydrogens (tertiary/aromatic N) is 3. The number of ether oxygens (including phenoxy) is 2. The summed E-state index contributed by atoms with van der Waals surface area (Å²) >= 11 is 0.